The molecule has 2 atom stereocenters. The first-order valence-electron chi connectivity index (χ1n) is 7.01. The highest BCUT2D eigenvalue weighted by molar-refractivity contribution is 7.89. The molecule has 1 aromatic carbocycles. The van der Waals surface area contributed by atoms with Crippen LogP contribution in [0.1, 0.15) is 25.3 Å². The summed E-state index contributed by atoms with van der Waals surface area (Å²) in [5.74, 6) is -0.421. The summed E-state index contributed by atoms with van der Waals surface area (Å²) < 4.78 is 46.4. The fraction of sp³-hybridized carbons (Fsp3) is 0.571. The van der Waals surface area contributed by atoms with E-state index in [0.29, 0.717) is 12.2 Å². The van der Waals surface area contributed by atoms with Gasteiger partial charge in [-0.15, -0.1) is 0 Å². The number of nitrogens with one attached hydrogen (secondary N) is 2. The second-order valence-corrected chi connectivity index (χ2v) is 6.96. The highest BCUT2D eigenvalue weighted by Crippen LogP contribution is 2.19. The van der Waals surface area contributed by atoms with Gasteiger partial charge in [-0.05, 0) is 45.0 Å². The molecule has 1 saturated heterocycles. The van der Waals surface area contributed by atoms with Crippen molar-refractivity contribution >= 4 is 10.0 Å². The van der Waals surface area contributed by atoms with E-state index >= 15 is 0 Å². The molecule has 7 heteroatoms. The van der Waals surface area contributed by atoms with Gasteiger partial charge in [0.1, 0.15) is 5.82 Å². The molecule has 21 heavy (non-hydrogen) atoms. The van der Waals surface area contributed by atoms with Gasteiger partial charge >= 0.3 is 0 Å². The topological polar surface area (TPSA) is 67.4 Å². The molecular formula is C14H21FN2O3S. The molecule has 0 spiro atoms. The predicted molar refractivity (Wildman–Crippen MR) is 77.9 cm³/mol. The van der Waals surface area contributed by atoms with Crippen LogP contribution in [0.15, 0.2) is 23.1 Å². The zero-order valence-electron chi connectivity index (χ0n) is 12.2. The number of hydrogen-bond acceptors (Lipinski definition) is 4. The first kappa shape index (κ1) is 16.4. The number of hydrogen-bond donors (Lipinski definition) is 2. The lowest BCUT2D eigenvalue weighted by Crippen LogP contribution is -2.40. The molecule has 1 fully saturated rings. The van der Waals surface area contributed by atoms with E-state index in [1.807, 2.05) is 0 Å². The Morgan fingerprint density at radius 1 is 1.48 bits per heavy atom. The zero-order chi connectivity index (χ0) is 15.5. The Morgan fingerprint density at radius 2 is 2.24 bits per heavy atom. The maximum Gasteiger partial charge on any atom is 0.240 e. The smallest absolute Gasteiger partial charge is 0.240 e. The molecule has 2 unspecified atom stereocenters. The average Bonchev–Trinajstić information content (AvgIpc) is 2.95. The molecule has 0 aliphatic carbocycles. The van der Waals surface area contributed by atoms with Crippen molar-refractivity contribution in [3.05, 3.63) is 29.6 Å². The number of benzene rings is 1. The molecule has 118 valence electrons. The van der Waals surface area contributed by atoms with E-state index in [9.17, 15) is 12.8 Å². The van der Waals surface area contributed by atoms with Gasteiger partial charge in [-0.1, -0.05) is 0 Å². The van der Waals surface area contributed by atoms with E-state index in [0.717, 1.165) is 12.8 Å². The lowest BCUT2D eigenvalue weighted by Gasteiger charge is -2.20. The van der Waals surface area contributed by atoms with Crippen LogP contribution in [-0.4, -0.2) is 34.2 Å². The van der Waals surface area contributed by atoms with Gasteiger partial charge in [-0.2, -0.15) is 0 Å². The lowest BCUT2D eigenvalue weighted by molar-refractivity contribution is 0.0902. The summed E-state index contributed by atoms with van der Waals surface area (Å²) >= 11 is 0. The maximum atomic E-state index is 13.6. The van der Waals surface area contributed by atoms with Gasteiger partial charge in [0, 0.05) is 24.8 Å². The van der Waals surface area contributed by atoms with E-state index < -0.39 is 15.8 Å². The Hall–Kier alpha value is -1.02. The van der Waals surface area contributed by atoms with E-state index in [4.69, 9.17) is 4.74 Å². The summed E-state index contributed by atoms with van der Waals surface area (Å²) in [5, 5.41) is 2.81. The molecule has 0 radical (unpaired) electrons. The molecular weight excluding hydrogens is 295 g/mol. The van der Waals surface area contributed by atoms with Gasteiger partial charge in [0.25, 0.3) is 0 Å². The van der Waals surface area contributed by atoms with Crippen LogP contribution in [0.25, 0.3) is 0 Å². The summed E-state index contributed by atoms with van der Waals surface area (Å²) in [6.45, 7) is 2.72. The van der Waals surface area contributed by atoms with Gasteiger partial charge in [0.15, 0.2) is 0 Å². The predicted octanol–water partition coefficient (Wildman–Crippen LogP) is 1.39. The van der Waals surface area contributed by atoms with Crippen molar-refractivity contribution in [1.82, 2.24) is 10.0 Å². The van der Waals surface area contributed by atoms with Crippen molar-refractivity contribution in [1.29, 1.82) is 0 Å². The quantitative estimate of drug-likeness (QED) is 0.832. The highest BCUT2D eigenvalue weighted by Gasteiger charge is 2.27. The van der Waals surface area contributed by atoms with Crippen LogP contribution >= 0.6 is 0 Å². The summed E-state index contributed by atoms with van der Waals surface area (Å²) in [6.07, 6.45) is 1.69. The number of halogens is 1. The lowest BCUT2D eigenvalue weighted by atomic mass is 10.1. The van der Waals surface area contributed by atoms with Crippen molar-refractivity contribution < 1.29 is 17.5 Å². The Bertz CT molecular complexity index is 586. The minimum absolute atomic E-state index is 0.0685. The van der Waals surface area contributed by atoms with Crippen LogP contribution in [0.5, 0.6) is 0 Å². The third-order valence-corrected chi connectivity index (χ3v) is 5.11. The summed E-state index contributed by atoms with van der Waals surface area (Å²) in [5.41, 5.74) is 0.324. The van der Waals surface area contributed by atoms with Crippen molar-refractivity contribution in [2.45, 2.75) is 43.4 Å². The maximum absolute atomic E-state index is 13.6. The number of sulfonamides is 1. The van der Waals surface area contributed by atoms with E-state index in [2.05, 4.69) is 10.0 Å². The zero-order valence-corrected chi connectivity index (χ0v) is 13.0. The van der Waals surface area contributed by atoms with Gasteiger partial charge in [-0.3, -0.25) is 0 Å². The molecule has 1 aliphatic rings. The Kier molecular flexibility index (Phi) is 5.32. The monoisotopic (exact) mass is 316 g/mol. The van der Waals surface area contributed by atoms with E-state index in [1.54, 1.807) is 14.0 Å². The van der Waals surface area contributed by atoms with Crippen molar-refractivity contribution in [2.24, 2.45) is 0 Å². The minimum Gasteiger partial charge on any atom is -0.377 e. The first-order chi connectivity index (χ1) is 9.94. The van der Waals surface area contributed by atoms with Crippen LogP contribution < -0.4 is 10.0 Å². The van der Waals surface area contributed by atoms with Crippen LogP contribution in [0.2, 0.25) is 0 Å². The molecule has 5 nitrogen and oxygen atoms in total. The molecule has 2 rings (SSSR count). The van der Waals surface area contributed by atoms with Gasteiger partial charge in [0.05, 0.1) is 11.0 Å². The fourth-order valence-corrected chi connectivity index (χ4v) is 3.75. The Balaban J connectivity index is 2.16. The van der Waals surface area contributed by atoms with Gasteiger partial charge < -0.3 is 10.1 Å². The molecule has 0 amide bonds. The molecule has 0 bridgehead atoms. The van der Waals surface area contributed by atoms with Crippen LogP contribution in [0.4, 0.5) is 4.39 Å². The summed E-state index contributed by atoms with van der Waals surface area (Å²) in [4.78, 5) is 0.0685. The summed E-state index contributed by atoms with van der Waals surface area (Å²) in [7, 11) is -2.00. The van der Waals surface area contributed by atoms with Crippen LogP contribution in [0, 0.1) is 5.82 Å². The van der Waals surface area contributed by atoms with Gasteiger partial charge in [-0.25, -0.2) is 17.5 Å². The van der Waals surface area contributed by atoms with Crippen LogP contribution in [-0.2, 0) is 21.3 Å². The molecule has 1 aliphatic heterocycles. The Labute approximate surface area is 124 Å². The molecule has 0 aromatic heterocycles. The third-order valence-electron chi connectivity index (χ3n) is 3.56. The number of ether oxygens (including phenoxy) is 1. The third kappa shape index (κ3) is 4.00. The molecule has 2 N–H and O–H groups in total. The highest BCUT2D eigenvalue weighted by atomic mass is 32.2. The van der Waals surface area contributed by atoms with Crippen molar-refractivity contribution in [3.8, 4) is 0 Å². The van der Waals surface area contributed by atoms with Gasteiger partial charge in [0.2, 0.25) is 10.0 Å². The summed E-state index contributed by atoms with van der Waals surface area (Å²) in [6, 6.07) is 3.50. The van der Waals surface area contributed by atoms with Crippen molar-refractivity contribution in [3.63, 3.8) is 0 Å². The standard InChI is InChI=1S/C14H21FN2O3S/c1-10(14-4-3-7-20-14)17-21(18,19)12-5-6-13(15)11(8-12)9-16-2/h5-6,8,10,14,16-17H,3-4,7,9H2,1-2H3. The second kappa shape index (κ2) is 6.83. The van der Waals surface area contributed by atoms with Crippen LogP contribution in [0.3, 0.4) is 0 Å². The normalized spacial score (nSPS) is 20.6. The van der Waals surface area contributed by atoms with Crippen molar-refractivity contribution in [2.75, 3.05) is 13.7 Å². The van der Waals surface area contributed by atoms with E-state index in [1.165, 1.54) is 18.2 Å². The first-order valence-corrected chi connectivity index (χ1v) is 8.49. The van der Waals surface area contributed by atoms with E-state index in [-0.39, 0.29) is 23.6 Å². The fourth-order valence-electron chi connectivity index (χ4n) is 2.43. The molecule has 1 aromatic rings. The molecule has 1 heterocycles. The molecule has 0 saturated carbocycles. The minimum atomic E-state index is -3.68. The number of rotatable bonds is 6. The largest absolute Gasteiger partial charge is 0.377 e. The SMILES string of the molecule is CNCc1cc(S(=O)(=O)NC(C)C2CCCO2)ccc1F. The second-order valence-electron chi connectivity index (χ2n) is 5.24. The average molecular weight is 316 g/mol. The Morgan fingerprint density at radius 3 is 2.86 bits per heavy atom.